The van der Waals surface area contributed by atoms with E-state index in [2.05, 4.69) is 54.4 Å². The third-order valence-electron chi connectivity index (χ3n) is 2.64. The number of imidazole rings is 1. The average molecular weight is 383 g/mol. The fourth-order valence-corrected chi connectivity index (χ4v) is 2.95. The Morgan fingerprint density at radius 1 is 1.30 bits per heavy atom. The second-order valence-electron chi connectivity index (χ2n) is 4.46. The maximum atomic E-state index is 5.51. The molecule has 0 spiro atoms. The molecular weight excluding hydrogens is 362 g/mol. The van der Waals surface area contributed by atoms with Crippen LogP contribution >= 0.6 is 9.53 Å². The summed E-state index contributed by atoms with van der Waals surface area (Å²) in [6.07, 6.45) is 5.45. The summed E-state index contributed by atoms with van der Waals surface area (Å²) < 4.78 is 0. The van der Waals surface area contributed by atoms with Crippen molar-refractivity contribution in [3.05, 3.63) is 53.9 Å². The Labute approximate surface area is 130 Å². The molecule has 2 rings (SSSR count). The summed E-state index contributed by atoms with van der Waals surface area (Å²) in [4.78, 5) is 12.0. The average Bonchev–Trinajstić information content (AvgIpc) is 2.81. The van der Waals surface area contributed by atoms with E-state index in [0.717, 1.165) is 10.7 Å². The van der Waals surface area contributed by atoms with Gasteiger partial charge in [-0.25, -0.2) is 4.98 Å². The van der Waals surface area contributed by atoms with Crippen molar-refractivity contribution in [1.29, 1.82) is 0 Å². The number of nitrogens with one attached hydrogen (secondary N) is 1. The quantitative estimate of drug-likeness (QED) is 0.599. The molecule has 0 aliphatic carbocycles. The van der Waals surface area contributed by atoms with Gasteiger partial charge in [-0.1, -0.05) is 17.7 Å². The molecule has 4 heteroatoms. The van der Waals surface area contributed by atoms with Gasteiger partial charge >= 0.3 is 47.3 Å². The molecule has 20 heavy (non-hydrogen) atoms. The summed E-state index contributed by atoms with van der Waals surface area (Å²) in [7, 11) is 5.51. The van der Waals surface area contributed by atoms with Crippen LogP contribution in [-0.4, -0.2) is 15.0 Å². The van der Waals surface area contributed by atoms with E-state index in [9.17, 15) is 0 Å². The molecule has 0 saturated heterocycles. The van der Waals surface area contributed by atoms with Gasteiger partial charge in [-0.05, 0) is 31.9 Å². The second-order valence-corrected chi connectivity index (χ2v) is 8.70. The Morgan fingerprint density at radius 2 is 1.90 bits per heavy atom. The van der Waals surface area contributed by atoms with Crippen molar-refractivity contribution in [3.8, 4) is 11.4 Å². The third-order valence-corrected chi connectivity index (χ3v) is 4.36. The molecule has 1 aromatic heterocycles. The first-order valence-electron chi connectivity index (χ1n) is 6.14. The monoisotopic (exact) mass is 382 g/mol. The van der Waals surface area contributed by atoms with Gasteiger partial charge in [0.05, 0.1) is 0 Å². The minimum absolute atomic E-state index is 0.895. The van der Waals surface area contributed by atoms with Crippen LogP contribution in [0.25, 0.3) is 11.4 Å². The SMILES string of the molecule is C=C[CH2][Pd](=[CH2])[Cl].Cc1cc(C)c(-c2ncc[nH]2)c(C)c1. The number of aromatic amines is 1. The van der Waals surface area contributed by atoms with Gasteiger partial charge in [0.15, 0.2) is 0 Å². The molecule has 1 aromatic carbocycles. The van der Waals surface area contributed by atoms with Crippen LogP contribution in [0, 0.1) is 20.8 Å². The summed E-state index contributed by atoms with van der Waals surface area (Å²) in [6, 6.07) is 4.37. The third kappa shape index (κ3) is 5.17. The van der Waals surface area contributed by atoms with Crippen LogP contribution in [0.3, 0.4) is 0 Å². The zero-order valence-electron chi connectivity index (χ0n) is 12.1. The number of nitrogens with zero attached hydrogens (tertiary/aromatic N) is 1. The number of hydrogen-bond acceptors (Lipinski definition) is 1. The van der Waals surface area contributed by atoms with Gasteiger partial charge in [0.2, 0.25) is 0 Å². The molecule has 0 atom stereocenters. The molecule has 2 nitrogen and oxygen atoms in total. The van der Waals surface area contributed by atoms with Crippen LogP contribution in [0.2, 0.25) is 4.89 Å². The number of aryl methyl sites for hydroxylation is 3. The Balaban J connectivity index is 0.000000286. The molecule has 112 valence electrons. The molecule has 1 heterocycles. The summed E-state index contributed by atoms with van der Waals surface area (Å²) >= 11 is -0.895. The van der Waals surface area contributed by atoms with Crippen LogP contribution in [0.5, 0.6) is 0 Å². The number of benzene rings is 1. The van der Waals surface area contributed by atoms with Crippen molar-refractivity contribution in [2.75, 3.05) is 0 Å². The number of aromatic nitrogens is 2. The molecule has 0 aliphatic heterocycles. The standard InChI is InChI=1S/C12H14N2.C3H5.CH2.ClH.Pd/c1-8-6-9(2)11(10(3)7-8)12-13-4-5-14-12;1-3-2;;;/h4-7H,1-3H3,(H,13,14);3H,1-2H2;1H2;1H;/q;;;;+1/p-1. The molecule has 0 fully saturated rings. The van der Waals surface area contributed by atoms with Crippen molar-refractivity contribution in [1.82, 2.24) is 9.97 Å². The zero-order valence-corrected chi connectivity index (χ0v) is 14.5. The van der Waals surface area contributed by atoms with Crippen molar-refractivity contribution < 1.29 is 15.3 Å². The van der Waals surface area contributed by atoms with E-state index < -0.39 is 15.3 Å². The van der Waals surface area contributed by atoms with Crippen molar-refractivity contribution >= 4 is 14.5 Å². The number of rotatable bonds is 3. The normalized spacial score (nSPS) is 10.5. The molecule has 0 saturated carbocycles. The smallest absolute Gasteiger partial charge is 0.137 e. The Hall–Kier alpha value is -1.01. The first-order chi connectivity index (χ1) is 9.45. The minimum Gasteiger partial charge on any atom is -0.345 e. The Morgan fingerprint density at radius 3 is 2.25 bits per heavy atom. The molecule has 0 bridgehead atoms. The van der Waals surface area contributed by atoms with Crippen LogP contribution in [0.1, 0.15) is 16.7 Å². The molecule has 0 unspecified atom stereocenters. The fraction of sp³-hybridized carbons (Fsp3) is 0.250. The van der Waals surface area contributed by atoms with Gasteiger partial charge in [0.1, 0.15) is 5.82 Å². The van der Waals surface area contributed by atoms with Crippen molar-refractivity contribution in [2.45, 2.75) is 25.7 Å². The predicted octanol–water partition coefficient (Wildman–Crippen LogP) is 4.80. The van der Waals surface area contributed by atoms with E-state index in [1.54, 1.807) is 12.3 Å². The van der Waals surface area contributed by atoms with E-state index in [0.29, 0.717) is 0 Å². The Kier molecular flexibility index (Phi) is 7.09. The van der Waals surface area contributed by atoms with Gasteiger partial charge < -0.3 is 4.98 Å². The van der Waals surface area contributed by atoms with Gasteiger partial charge in [-0.3, -0.25) is 0 Å². The van der Waals surface area contributed by atoms with Crippen LogP contribution in [-0.2, 0) is 15.3 Å². The summed E-state index contributed by atoms with van der Waals surface area (Å²) in [5.74, 6) is 0.958. The minimum atomic E-state index is -0.895. The largest absolute Gasteiger partial charge is 0.345 e. The van der Waals surface area contributed by atoms with E-state index in [4.69, 9.17) is 9.53 Å². The van der Waals surface area contributed by atoms with Gasteiger partial charge in [0, 0.05) is 18.0 Å². The number of allylic oxidation sites excluding steroid dienone is 1. The van der Waals surface area contributed by atoms with Gasteiger partial charge in [-0.2, -0.15) is 0 Å². The molecule has 0 aliphatic rings. The van der Waals surface area contributed by atoms with Gasteiger partial charge in [0.25, 0.3) is 0 Å². The molecule has 2 aromatic rings. The molecule has 0 amide bonds. The van der Waals surface area contributed by atoms with E-state index in [-0.39, 0.29) is 0 Å². The van der Waals surface area contributed by atoms with Crippen molar-refractivity contribution in [2.24, 2.45) is 0 Å². The van der Waals surface area contributed by atoms with E-state index >= 15 is 0 Å². The number of halogens is 1. The predicted molar refractivity (Wildman–Crippen MR) is 86.2 cm³/mol. The van der Waals surface area contributed by atoms with E-state index in [1.807, 2.05) is 6.20 Å². The van der Waals surface area contributed by atoms with Crippen LogP contribution < -0.4 is 0 Å². The van der Waals surface area contributed by atoms with Gasteiger partial charge in [-0.15, -0.1) is 0 Å². The maximum absolute atomic E-state index is 5.51. The number of H-pyrrole nitrogens is 1. The fourth-order valence-electron chi connectivity index (χ4n) is 2.05. The Bertz CT molecular complexity index is 566. The summed E-state index contributed by atoms with van der Waals surface area (Å²) in [5, 5.41) is 0. The summed E-state index contributed by atoms with van der Waals surface area (Å²) in [6.45, 7) is 9.87. The molecule has 1 N–H and O–H groups in total. The van der Waals surface area contributed by atoms with E-state index in [1.165, 1.54) is 22.3 Å². The topological polar surface area (TPSA) is 28.7 Å². The maximum Gasteiger partial charge on any atom is 0.137 e. The molecule has 0 radical (unpaired) electrons. The number of hydrogen-bond donors (Lipinski definition) is 1. The first kappa shape index (κ1) is 17.0. The van der Waals surface area contributed by atoms with Crippen molar-refractivity contribution in [3.63, 3.8) is 0 Å². The first-order valence-corrected chi connectivity index (χ1v) is 10.3. The van der Waals surface area contributed by atoms with Crippen LogP contribution in [0.15, 0.2) is 37.2 Å². The molecular formula is C16H21ClN2Pd. The zero-order chi connectivity index (χ0) is 15.1. The van der Waals surface area contributed by atoms with Crippen LogP contribution in [0.4, 0.5) is 0 Å². The summed E-state index contributed by atoms with van der Waals surface area (Å²) in [5.41, 5.74) is 5.07. The second kappa shape index (κ2) is 8.32.